The van der Waals surface area contributed by atoms with E-state index in [1.165, 1.54) is 16.8 Å². The summed E-state index contributed by atoms with van der Waals surface area (Å²) in [6.45, 7) is 4.60. The first kappa shape index (κ1) is 19.8. The number of nitrogens with one attached hydrogen (secondary N) is 1. The lowest BCUT2D eigenvalue weighted by molar-refractivity contribution is 0.102. The highest BCUT2D eigenvalue weighted by Crippen LogP contribution is 2.21. The second-order valence-corrected chi connectivity index (χ2v) is 7.32. The monoisotopic (exact) mass is 427 g/mol. The quantitative estimate of drug-likeness (QED) is 0.510. The molecule has 0 saturated carbocycles. The number of hydrogen-bond acceptors (Lipinski definition) is 4. The molecule has 10 heteroatoms. The molecule has 3 heterocycles. The standard InChI is InChI=1S/C20H19ClFN7O/c1-13-8-14(2)29(24-13)12-27-7-6-18(25-27)20(30)23-19-17(21)11-28(26-19)10-15-4-3-5-16(22)9-15/h3-9,11H,10,12H2,1-2H3,(H,23,26,30). The summed E-state index contributed by atoms with van der Waals surface area (Å²) in [5, 5.41) is 15.9. The highest BCUT2D eigenvalue weighted by molar-refractivity contribution is 6.33. The molecule has 0 bridgehead atoms. The van der Waals surface area contributed by atoms with Crippen LogP contribution in [0.5, 0.6) is 0 Å². The van der Waals surface area contributed by atoms with Crippen molar-refractivity contribution in [2.24, 2.45) is 0 Å². The zero-order valence-corrected chi connectivity index (χ0v) is 17.1. The zero-order chi connectivity index (χ0) is 21.3. The number of amides is 1. The number of halogens is 2. The van der Waals surface area contributed by atoms with E-state index >= 15 is 0 Å². The van der Waals surface area contributed by atoms with E-state index in [0.717, 1.165) is 17.0 Å². The van der Waals surface area contributed by atoms with E-state index < -0.39 is 5.91 Å². The maximum Gasteiger partial charge on any atom is 0.277 e. The minimum absolute atomic E-state index is 0.214. The lowest BCUT2D eigenvalue weighted by Crippen LogP contribution is -2.16. The van der Waals surface area contributed by atoms with E-state index in [0.29, 0.717) is 13.2 Å². The number of carbonyl (C=O) groups excluding carboxylic acids is 1. The Hall–Kier alpha value is -3.46. The number of aromatic nitrogens is 6. The normalized spacial score (nSPS) is 11.1. The van der Waals surface area contributed by atoms with E-state index in [1.54, 1.807) is 40.0 Å². The van der Waals surface area contributed by atoms with Gasteiger partial charge in [-0.3, -0.25) is 14.2 Å². The van der Waals surface area contributed by atoms with Crippen molar-refractivity contribution in [1.82, 2.24) is 29.3 Å². The van der Waals surface area contributed by atoms with E-state index in [2.05, 4.69) is 20.6 Å². The summed E-state index contributed by atoms with van der Waals surface area (Å²) >= 11 is 6.20. The summed E-state index contributed by atoms with van der Waals surface area (Å²) in [5.41, 5.74) is 2.88. The van der Waals surface area contributed by atoms with Gasteiger partial charge in [-0.15, -0.1) is 0 Å². The Morgan fingerprint density at radius 1 is 1.13 bits per heavy atom. The minimum atomic E-state index is -0.431. The molecule has 0 aliphatic rings. The van der Waals surface area contributed by atoms with Crippen LogP contribution in [0.2, 0.25) is 5.02 Å². The average Bonchev–Trinajstić information content (AvgIpc) is 3.36. The summed E-state index contributed by atoms with van der Waals surface area (Å²) in [5.74, 6) is -0.540. The number of anilines is 1. The largest absolute Gasteiger partial charge is 0.302 e. The van der Waals surface area contributed by atoms with Crippen LogP contribution in [-0.2, 0) is 13.2 Å². The summed E-state index contributed by atoms with van der Waals surface area (Å²) in [7, 11) is 0. The molecule has 1 N–H and O–H groups in total. The van der Waals surface area contributed by atoms with Gasteiger partial charge in [-0.25, -0.2) is 9.07 Å². The first-order valence-electron chi connectivity index (χ1n) is 9.20. The van der Waals surface area contributed by atoms with Gasteiger partial charge >= 0.3 is 0 Å². The van der Waals surface area contributed by atoms with Gasteiger partial charge in [-0.05, 0) is 43.7 Å². The van der Waals surface area contributed by atoms with Gasteiger partial charge in [-0.1, -0.05) is 23.7 Å². The van der Waals surface area contributed by atoms with Crippen LogP contribution < -0.4 is 5.32 Å². The molecule has 0 fully saturated rings. The Kier molecular flexibility index (Phi) is 5.37. The fourth-order valence-electron chi connectivity index (χ4n) is 3.07. The minimum Gasteiger partial charge on any atom is -0.302 e. The first-order chi connectivity index (χ1) is 14.4. The molecule has 0 unspecified atom stereocenters. The van der Waals surface area contributed by atoms with Crippen LogP contribution >= 0.6 is 11.6 Å². The number of rotatable bonds is 6. The van der Waals surface area contributed by atoms with Crippen molar-refractivity contribution in [3.63, 3.8) is 0 Å². The Bertz CT molecular complexity index is 1210. The molecule has 30 heavy (non-hydrogen) atoms. The second kappa shape index (κ2) is 8.11. The number of aryl methyl sites for hydroxylation is 2. The molecule has 4 aromatic rings. The van der Waals surface area contributed by atoms with E-state index in [9.17, 15) is 9.18 Å². The topological polar surface area (TPSA) is 82.6 Å². The highest BCUT2D eigenvalue weighted by atomic mass is 35.5. The molecule has 154 valence electrons. The lowest BCUT2D eigenvalue weighted by Gasteiger charge is -2.04. The van der Waals surface area contributed by atoms with E-state index in [-0.39, 0.29) is 22.4 Å². The van der Waals surface area contributed by atoms with Crippen LogP contribution in [0.15, 0.2) is 48.8 Å². The van der Waals surface area contributed by atoms with Gasteiger partial charge < -0.3 is 5.32 Å². The Balaban J connectivity index is 1.43. The molecule has 8 nitrogen and oxygen atoms in total. The number of carbonyl (C=O) groups is 1. The van der Waals surface area contributed by atoms with Crippen molar-refractivity contribution in [1.29, 1.82) is 0 Å². The third kappa shape index (κ3) is 4.41. The van der Waals surface area contributed by atoms with Gasteiger partial charge in [0.1, 0.15) is 17.5 Å². The van der Waals surface area contributed by atoms with Crippen molar-refractivity contribution < 1.29 is 9.18 Å². The molecule has 1 aromatic carbocycles. The maximum absolute atomic E-state index is 13.3. The molecule has 3 aromatic heterocycles. The predicted molar refractivity (Wildman–Crippen MR) is 110 cm³/mol. The van der Waals surface area contributed by atoms with Gasteiger partial charge in [0, 0.05) is 18.1 Å². The van der Waals surface area contributed by atoms with E-state index in [1.807, 2.05) is 19.9 Å². The third-order valence-electron chi connectivity index (χ3n) is 4.44. The predicted octanol–water partition coefficient (Wildman–Crippen LogP) is 3.49. The average molecular weight is 428 g/mol. The highest BCUT2D eigenvalue weighted by Gasteiger charge is 2.15. The van der Waals surface area contributed by atoms with Crippen LogP contribution in [0.1, 0.15) is 27.4 Å². The first-order valence-corrected chi connectivity index (χ1v) is 9.58. The van der Waals surface area contributed by atoms with Gasteiger partial charge in [0.25, 0.3) is 5.91 Å². The summed E-state index contributed by atoms with van der Waals surface area (Å²) in [4.78, 5) is 12.5. The van der Waals surface area contributed by atoms with Crippen molar-refractivity contribution >= 4 is 23.3 Å². The molecular weight excluding hydrogens is 409 g/mol. The Morgan fingerprint density at radius 2 is 1.97 bits per heavy atom. The van der Waals surface area contributed by atoms with Crippen molar-refractivity contribution in [3.8, 4) is 0 Å². The molecule has 0 radical (unpaired) electrons. The molecule has 1 amide bonds. The SMILES string of the molecule is Cc1cc(C)n(Cn2ccc(C(=O)Nc3nn(Cc4cccc(F)c4)cc3Cl)n2)n1. The third-order valence-corrected chi connectivity index (χ3v) is 4.71. The molecule has 0 aliphatic heterocycles. The second-order valence-electron chi connectivity index (χ2n) is 6.92. The van der Waals surface area contributed by atoms with Gasteiger partial charge in [0.05, 0.1) is 12.2 Å². The zero-order valence-electron chi connectivity index (χ0n) is 16.4. The Labute approximate surface area is 176 Å². The molecule has 0 spiro atoms. The van der Waals surface area contributed by atoms with Crippen molar-refractivity contribution in [2.75, 3.05) is 5.32 Å². The van der Waals surface area contributed by atoms with Crippen molar-refractivity contribution in [3.05, 3.63) is 82.3 Å². The lowest BCUT2D eigenvalue weighted by atomic mass is 10.2. The van der Waals surface area contributed by atoms with Crippen LogP contribution in [0.25, 0.3) is 0 Å². The van der Waals surface area contributed by atoms with Crippen LogP contribution in [-0.4, -0.2) is 35.2 Å². The fourth-order valence-corrected chi connectivity index (χ4v) is 3.27. The number of hydrogen-bond donors (Lipinski definition) is 1. The van der Waals surface area contributed by atoms with Gasteiger partial charge in [0.15, 0.2) is 11.5 Å². The molecular formula is C20H19ClFN7O. The van der Waals surface area contributed by atoms with Crippen LogP contribution in [0.4, 0.5) is 10.2 Å². The van der Waals surface area contributed by atoms with Gasteiger partial charge in [0.2, 0.25) is 0 Å². The molecule has 0 aliphatic carbocycles. The Morgan fingerprint density at radius 3 is 2.70 bits per heavy atom. The molecule has 0 atom stereocenters. The smallest absolute Gasteiger partial charge is 0.277 e. The number of nitrogens with zero attached hydrogens (tertiary/aromatic N) is 6. The van der Waals surface area contributed by atoms with Crippen molar-refractivity contribution in [2.45, 2.75) is 27.1 Å². The van der Waals surface area contributed by atoms with Crippen LogP contribution in [0.3, 0.4) is 0 Å². The van der Waals surface area contributed by atoms with Crippen LogP contribution in [0, 0.1) is 19.7 Å². The number of benzene rings is 1. The van der Waals surface area contributed by atoms with Gasteiger partial charge in [-0.2, -0.15) is 15.3 Å². The maximum atomic E-state index is 13.3. The molecule has 0 saturated heterocycles. The fraction of sp³-hybridized carbons (Fsp3) is 0.200. The summed E-state index contributed by atoms with van der Waals surface area (Å²) < 4.78 is 18.3. The summed E-state index contributed by atoms with van der Waals surface area (Å²) in [6, 6.07) is 9.79. The van der Waals surface area contributed by atoms with E-state index in [4.69, 9.17) is 11.6 Å². The molecule has 4 rings (SSSR count). The summed E-state index contributed by atoms with van der Waals surface area (Å²) in [6.07, 6.45) is 3.28.